The maximum atomic E-state index is 5.89. The molecule has 1 atom stereocenters. The lowest BCUT2D eigenvalue weighted by atomic mass is 10.0. The summed E-state index contributed by atoms with van der Waals surface area (Å²) < 4.78 is 5.80. The van der Waals surface area contributed by atoms with E-state index in [-0.39, 0.29) is 6.10 Å². The van der Waals surface area contributed by atoms with Gasteiger partial charge in [0, 0.05) is 10.6 Å². The van der Waals surface area contributed by atoms with Crippen molar-refractivity contribution in [2.24, 2.45) is 5.92 Å². The van der Waals surface area contributed by atoms with Gasteiger partial charge >= 0.3 is 0 Å². The van der Waals surface area contributed by atoms with E-state index in [2.05, 4.69) is 26.0 Å². The molecule has 0 amide bonds. The highest BCUT2D eigenvalue weighted by Gasteiger charge is 2.17. The molecule has 2 rings (SSSR count). The molecule has 1 aromatic carbocycles. The molecular weight excluding hydrogens is 196 g/mol. The highest BCUT2D eigenvalue weighted by molar-refractivity contribution is 6.30. The third-order valence-corrected chi connectivity index (χ3v) is 2.59. The van der Waals surface area contributed by atoms with Crippen molar-refractivity contribution in [1.82, 2.24) is 0 Å². The van der Waals surface area contributed by atoms with Crippen LogP contribution in [0.5, 0.6) is 5.75 Å². The maximum absolute atomic E-state index is 5.89. The van der Waals surface area contributed by atoms with E-state index in [1.165, 1.54) is 0 Å². The molecule has 0 aliphatic carbocycles. The molecule has 0 spiro atoms. The van der Waals surface area contributed by atoms with Crippen LogP contribution in [0.1, 0.15) is 19.4 Å². The van der Waals surface area contributed by atoms with Crippen LogP contribution in [-0.2, 0) is 0 Å². The minimum absolute atomic E-state index is 0.184. The molecule has 2 heteroatoms. The van der Waals surface area contributed by atoms with Gasteiger partial charge in [0.05, 0.1) is 0 Å². The summed E-state index contributed by atoms with van der Waals surface area (Å²) in [6.07, 6.45) is 4.35. The first-order chi connectivity index (χ1) is 6.66. The molecule has 0 fully saturated rings. The van der Waals surface area contributed by atoms with Gasteiger partial charge in [0.25, 0.3) is 0 Å². The van der Waals surface area contributed by atoms with Gasteiger partial charge < -0.3 is 4.74 Å². The second-order valence-corrected chi connectivity index (χ2v) is 4.30. The van der Waals surface area contributed by atoms with Crippen LogP contribution in [0, 0.1) is 5.92 Å². The Morgan fingerprint density at radius 3 is 2.86 bits per heavy atom. The van der Waals surface area contributed by atoms with Crippen LogP contribution >= 0.6 is 11.6 Å². The zero-order valence-electron chi connectivity index (χ0n) is 8.33. The van der Waals surface area contributed by atoms with Gasteiger partial charge in [-0.15, -0.1) is 0 Å². The fraction of sp³-hybridized carbons (Fsp3) is 0.333. The Morgan fingerprint density at radius 1 is 1.36 bits per heavy atom. The van der Waals surface area contributed by atoms with E-state index < -0.39 is 0 Å². The highest BCUT2D eigenvalue weighted by Crippen LogP contribution is 2.30. The summed E-state index contributed by atoms with van der Waals surface area (Å²) in [5, 5.41) is 0.750. The Hall–Kier alpha value is -0.950. The molecule has 14 heavy (non-hydrogen) atoms. The number of halogens is 1. The van der Waals surface area contributed by atoms with Crippen molar-refractivity contribution in [1.29, 1.82) is 0 Å². The zero-order chi connectivity index (χ0) is 10.1. The fourth-order valence-electron chi connectivity index (χ4n) is 1.50. The van der Waals surface area contributed by atoms with Crippen molar-refractivity contribution < 1.29 is 4.74 Å². The van der Waals surface area contributed by atoms with E-state index >= 15 is 0 Å². The van der Waals surface area contributed by atoms with E-state index in [0.717, 1.165) is 16.3 Å². The molecule has 74 valence electrons. The lowest BCUT2D eigenvalue weighted by molar-refractivity contribution is 0.195. The van der Waals surface area contributed by atoms with Crippen LogP contribution in [-0.4, -0.2) is 6.10 Å². The molecule has 1 aliphatic heterocycles. The van der Waals surface area contributed by atoms with Crippen molar-refractivity contribution in [3.05, 3.63) is 34.9 Å². The van der Waals surface area contributed by atoms with Gasteiger partial charge in [0.1, 0.15) is 11.9 Å². The molecule has 1 nitrogen and oxygen atoms in total. The number of fused-ring (bicyclic) bond motifs is 1. The lowest BCUT2D eigenvalue weighted by Gasteiger charge is -2.24. The van der Waals surface area contributed by atoms with Crippen LogP contribution < -0.4 is 4.74 Å². The number of benzene rings is 1. The molecule has 0 bridgehead atoms. The predicted octanol–water partition coefficient (Wildman–Crippen LogP) is 3.77. The molecule has 0 saturated carbocycles. The van der Waals surface area contributed by atoms with E-state index in [4.69, 9.17) is 16.3 Å². The predicted molar refractivity (Wildman–Crippen MR) is 59.7 cm³/mol. The summed E-state index contributed by atoms with van der Waals surface area (Å²) in [6.45, 7) is 4.30. The molecule has 0 saturated heterocycles. The normalized spacial score (nSPS) is 19.3. The Labute approximate surface area is 89.3 Å². The maximum Gasteiger partial charge on any atom is 0.127 e. The molecule has 0 N–H and O–H groups in total. The van der Waals surface area contributed by atoms with Gasteiger partial charge in [0.2, 0.25) is 0 Å². The van der Waals surface area contributed by atoms with E-state index in [9.17, 15) is 0 Å². The first kappa shape index (κ1) is 9.60. The van der Waals surface area contributed by atoms with Crippen LogP contribution in [0.2, 0.25) is 5.02 Å². The molecule has 1 unspecified atom stereocenters. The van der Waals surface area contributed by atoms with Gasteiger partial charge in [-0.25, -0.2) is 0 Å². The van der Waals surface area contributed by atoms with Gasteiger partial charge in [-0.3, -0.25) is 0 Å². The second kappa shape index (κ2) is 3.66. The molecule has 1 aliphatic rings. The van der Waals surface area contributed by atoms with Crippen molar-refractivity contribution in [3.8, 4) is 5.75 Å². The van der Waals surface area contributed by atoms with Crippen molar-refractivity contribution in [2.45, 2.75) is 20.0 Å². The average Bonchev–Trinajstić information content (AvgIpc) is 2.16. The zero-order valence-corrected chi connectivity index (χ0v) is 9.08. The van der Waals surface area contributed by atoms with Crippen LogP contribution in [0.25, 0.3) is 6.08 Å². The Balaban J connectivity index is 2.31. The Morgan fingerprint density at radius 2 is 2.14 bits per heavy atom. The largest absolute Gasteiger partial charge is 0.485 e. The second-order valence-electron chi connectivity index (χ2n) is 3.87. The minimum atomic E-state index is 0.184. The quantitative estimate of drug-likeness (QED) is 0.683. The van der Waals surface area contributed by atoms with Gasteiger partial charge in [-0.1, -0.05) is 31.5 Å². The summed E-state index contributed by atoms with van der Waals surface area (Å²) >= 11 is 5.89. The highest BCUT2D eigenvalue weighted by atomic mass is 35.5. The topological polar surface area (TPSA) is 9.23 Å². The molecule has 1 aromatic rings. The fourth-order valence-corrected chi connectivity index (χ4v) is 1.68. The molecular formula is C12H13ClO. The number of ether oxygens (including phenoxy) is 1. The first-order valence-electron chi connectivity index (χ1n) is 4.81. The lowest BCUT2D eigenvalue weighted by Crippen LogP contribution is -2.22. The first-order valence-corrected chi connectivity index (χ1v) is 5.19. The summed E-state index contributed by atoms with van der Waals surface area (Å²) in [7, 11) is 0. The minimum Gasteiger partial charge on any atom is -0.485 e. The Bertz CT molecular complexity index is 369. The van der Waals surface area contributed by atoms with Crippen molar-refractivity contribution in [2.75, 3.05) is 0 Å². The summed E-state index contributed by atoms with van der Waals surface area (Å²) in [5.74, 6) is 1.42. The third kappa shape index (κ3) is 1.78. The van der Waals surface area contributed by atoms with Crippen molar-refractivity contribution >= 4 is 17.7 Å². The standard InChI is InChI=1S/C12H13ClO/c1-8(2)11-5-3-9-7-10(13)4-6-12(9)14-11/h3-8,11H,1-2H3. The third-order valence-electron chi connectivity index (χ3n) is 2.36. The molecule has 0 aromatic heterocycles. The Kier molecular flexibility index (Phi) is 2.51. The van der Waals surface area contributed by atoms with Crippen LogP contribution in [0.15, 0.2) is 24.3 Å². The number of hydrogen-bond acceptors (Lipinski definition) is 1. The van der Waals surface area contributed by atoms with E-state index in [1.54, 1.807) is 0 Å². The van der Waals surface area contributed by atoms with Crippen LogP contribution in [0.4, 0.5) is 0 Å². The molecule has 1 heterocycles. The smallest absolute Gasteiger partial charge is 0.127 e. The van der Waals surface area contributed by atoms with Crippen LogP contribution in [0.3, 0.4) is 0 Å². The van der Waals surface area contributed by atoms with E-state index in [1.807, 2.05) is 18.2 Å². The summed E-state index contributed by atoms with van der Waals surface area (Å²) in [5.41, 5.74) is 1.06. The van der Waals surface area contributed by atoms with Gasteiger partial charge in [-0.2, -0.15) is 0 Å². The summed E-state index contributed by atoms with van der Waals surface area (Å²) in [4.78, 5) is 0. The molecule has 0 radical (unpaired) electrons. The monoisotopic (exact) mass is 208 g/mol. The number of hydrogen-bond donors (Lipinski definition) is 0. The number of rotatable bonds is 1. The van der Waals surface area contributed by atoms with Crippen molar-refractivity contribution in [3.63, 3.8) is 0 Å². The SMILES string of the molecule is CC(C)C1C=Cc2cc(Cl)ccc2O1. The summed E-state index contributed by atoms with van der Waals surface area (Å²) in [6, 6.07) is 5.71. The average molecular weight is 209 g/mol. The van der Waals surface area contributed by atoms with Gasteiger partial charge in [0.15, 0.2) is 0 Å². The van der Waals surface area contributed by atoms with E-state index in [0.29, 0.717) is 5.92 Å². The van der Waals surface area contributed by atoms with Gasteiger partial charge in [-0.05, 0) is 30.2 Å².